The lowest BCUT2D eigenvalue weighted by Crippen LogP contribution is -2.39. The maximum Gasteiger partial charge on any atom is 0.147 e. The standard InChI is InChI=1S/C16H25N5/c1-21-11-6-7-12(21)9-10(8-11)15-18-14-5-3-2-4-13(14)16(19-15)20-17/h10-12H,2-9,17H2,1H3,(H,18,19,20). The number of aromatic nitrogens is 2. The summed E-state index contributed by atoms with van der Waals surface area (Å²) in [5.74, 6) is 8.14. The molecule has 5 heteroatoms. The maximum atomic E-state index is 5.71. The highest BCUT2D eigenvalue weighted by atomic mass is 15.3. The number of nitrogens with one attached hydrogen (secondary N) is 1. The van der Waals surface area contributed by atoms with Crippen molar-refractivity contribution >= 4 is 5.82 Å². The number of nitrogens with zero attached hydrogens (tertiary/aromatic N) is 3. The highest BCUT2D eigenvalue weighted by molar-refractivity contribution is 5.47. The molecule has 4 rings (SSSR count). The maximum absolute atomic E-state index is 5.71. The van der Waals surface area contributed by atoms with Gasteiger partial charge < -0.3 is 10.3 Å². The summed E-state index contributed by atoms with van der Waals surface area (Å²) in [7, 11) is 2.28. The summed E-state index contributed by atoms with van der Waals surface area (Å²) in [6, 6.07) is 1.45. The molecule has 2 bridgehead atoms. The Balaban J connectivity index is 1.66. The van der Waals surface area contributed by atoms with Crippen molar-refractivity contribution in [3.8, 4) is 0 Å². The number of hydrogen-bond donors (Lipinski definition) is 2. The van der Waals surface area contributed by atoms with Crippen LogP contribution in [0.1, 0.15) is 61.5 Å². The molecule has 3 aliphatic rings. The van der Waals surface area contributed by atoms with Crippen LogP contribution < -0.4 is 11.3 Å². The molecule has 0 spiro atoms. The van der Waals surface area contributed by atoms with Crippen LogP contribution in [0.15, 0.2) is 0 Å². The van der Waals surface area contributed by atoms with Crippen molar-refractivity contribution in [2.45, 2.75) is 69.4 Å². The van der Waals surface area contributed by atoms with Gasteiger partial charge >= 0.3 is 0 Å². The Bertz CT molecular complexity index is 512. The molecule has 2 atom stereocenters. The zero-order valence-electron chi connectivity index (χ0n) is 12.8. The highest BCUT2D eigenvalue weighted by Gasteiger charge is 2.40. The number of rotatable bonds is 2. The van der Waals surface area contributed by atoms with Crippen LogP contribution in [0.2, 0.25) is 0 Å². The minimum atomic E-state index is 0.512. The predicted octanol–water partition coefficient (Wildman–Crippen LogP) is 1.98. The van der Waals surface area contributed by atoms with Gasteiger partial charge in [-0.15, -0.1) is 0 Å². The third-order valence-corrected chi connectivity index (χ3v) is 5.80. The van der Waals surface area contributed by atoms with Gasteiger partial charge in [0.15, 0.2) is 0 Å². The van der Waals surface area contributed by atoms with E-state index in [1.54, 1.807) is 0 Å². The number of hydrazine groups is 1. The van der Waals surface area contributed by atoms with Crippen LogP contribution in [0.4, 0.5) is 5.82 Å². The molecule has 3 N–H and O–H groups in total. The second kappa shape index (κ2) is 5.21. The molecule has 0 saturated carbocycles. The summed E-state index contributed by atoms with van der Waals surface area (Å²) in [6.45, 7) is 0. The number of piperidine rings is 1. The summed E-state index contributed by atoms with van der Waals surface area (Å²) < 4.78 is 0. The number of fused-ring (bicyclic) bond motifs is 3. The Hall–Kier alpha value is -1.20. The first-order valence-corrected chi connectivity index (χ1v) is 8.34. The van der Waals surface area contributed by atoms with E-state index in [0.717, 1.165) is 36.6 Å². The molecule has 0 amide bonds. The third kappa shape index (κ3) is 2.23. The second-order valence-corrected chi connectivity index (χ2v) is 6.93. The van der Waals surface area contributed by atoms with Crippen molar-refractivity contribution in [3.63, 3.8) is 0 Å². The van der Waals surface area contributed by atoms with Crippen molar-refractivity contribution in [1.82, 2.24) is 14.9 Å². The van der Waals surface area contributed by atoms with Crippen LogP contribution in [0.25, 0.3) is 0 Å². The fraction of sp³-hybridized carbons (Fsp3) is 0.750. The van der Waals surface area contributed by atoms with Gasteiger partial charge in [0.1, 0.15) is 11.6 Å². The van der Waals surface area contributed by atoms with Gasteiger partial charge in [0.2, 0.25) is 0 Å². The second-order valence-electron chi connectivity index (χ2n) is 6.93. The molecule has 2 aliphatic heterocycles. The van der Waals surface area contributed by atoms with E-state index < -0.39 is 0 Å². The smallest absolute Gasteiger partial charge is 0.147 e. The molecule has 0 aromatic carbocycles. The zero-order valence-corrected chi connectivity index (χ0v) is 12.8. The Kier molecular flexibility index (Phi) is 3.34. The van der Waals surface area contributed by atoms with E-state index in [0.29, 0.717) is 5.92 Å². The Morgan fingerprint density at radius 3 is 2.52 bits per heavy atom. The first kappa shape index (κ1) is 13.5. The van der Waals surface area contributed by atoms with E-state index in [1.807, 2.05) is 0 Å². The molecule has 2 unspecified atom stereocenters. The van der Waals surface area contributed by atoms with E-state index in [-0.39, 0.29) is 0 Å². The minimum absolute atomic E-state index is 0.512. The van der Waals surface area contributed by atoms with Gasteiger partial charge in [-0.2, -0.15) is 0 Å². The lowest BCUT2D eigenvalue weighted by molar-refractivity contribution is 0.159. The first-order valence-electron chi connectivity index (χ1n) is 8.34. The average molecular weight is 287 g/mol. The third-order valence-electron chi connectivity index (χ3n) is 5.80. The van der Waals surface area contributed by atoms with Gasteiger partial charge in [-0.05, 0) is 58.4 Å². The van der Waals surface area contributed by atoms with Crippen molar-refractivity contribution in [3.05, 3.63) is 17.1 Å². The molecule has 21 heavy (non-hydrogen) atoms. The van der Waals surface area contributed by atoms with Crippen LogP contribution in [0.5, 0.6) is 0 Å². The van der Waals surface area contributed by atoms with Crippen molar-refractivity contribution in [1.29, 1.82) is 0 Å². The monoisotopic (exact) mass is 287 g/mol. The number of nitrogens with two attached hydrogens (primary N) is 1. The van der Waals surface area contributed by atoms with Crippen LogP contribution in [0, 0.1) is 0 Å². The van der Waals surface area contributed by atoms with Gasteiger partial charge in [0, 0.05) is 29.3 Å². The van der Waals surface area contributed by atoms with E-state index in [4.69, 9.17) is 15.8 Å². The summed E-state index contributed by atoms with van der Waals surface area (Å²) in [5.41, 5.74) is 5.31. The van der Waals surface area contributed by atoms with Gasteiger partial charge in [-0.25, -0.2) is 15.8 Å². The van der Waals surface area contributed by atoms with Crippen LogP contribution in [-0.2, 0) is 12.8 Å². The zero-order chi connectivity index (χ0) is 14.4. The molecular weight excluding hydrogens is 262 g/mol. The molecular formula is C16H25N5. The summed E-state index contributed by atoms with van der Waals surface area (Å²) >= 11 is 0. The topological polar surface area (TPSA) is 67.1 Å². The summed E-state index contributed by atoms with van der Waals surface area (Å²) in [4.78, 5) is 12.3. The van der Waals surface area contributed by atoms with Crippen LogP contribution in [-0.4, -0.2) is 34.0 Å². The number of nitrogen functional groups attached to an aromatic ring is 1. The predicted molar refractivity (Wildman–Crippen MR) is 83.0 cm³/mol. The lowest BCUT2D eigenvalue weighted by Gasteiger charge is -2.36. The molecule has 3 heterocycles. The number of aryl methyl sites for hydroxylation is 1. The molecule has 5 nitrogen and oxygen atoms in total. The van der Waals surface area contributed by atoms with Crippen molar-refractivity contribution < 1.29 is 0 Å². The number of anilines is 1. The fourth-order valence-electron chi connectivity index (χ4n) is 4.54. The Labute approximate surface area is 126 Å². The Morgan fingerprint density at radius 2 is 1.81 bits per heavy atom. The molecule has 1 aromatic heterocycles. The van der Waals surface area contributed by atoms with Gasteiger partial charge in [-0.3, -0.25) is 0 Å². The molecule has 114 valence electrons. The van der Waals surface area contributed by atoms with E-state index in [1.165, 1.54) is 49.8 Å². The van der Waals surface area contributed by atoms with E-state index in [2.05, 4.69) is 17.4 Å². The molecule has 2 fully saturated rings. The van der Waals surface area contributed by atoms with E-state index in [9.17, 15) is 0 Å². The molecule has 0 radical (unpaired) electrons. The molecule has 1 aliphatic carbocycles. The van der Waals surface area contributed by atoms with Crippen molar-refractivity contribution in [2.75, 3.05) is 12.5 Å². The van der Waals surface area contributed by atoms with Gasteiger partial charge in [-0.1, -0.05) is 0 Å². The number of hydrogen-bond acceptors (Lipinski definition) is 5. The quantitative estimate of drug-likeness (QED) is 0.643. The van der Waals surface area contributed by atoms with Gasteiger partial charge in [0.05, 0.1) is 0 Å². The minimum Gasteiger partial charge on any atom is -0.308 e. The van der Waals surface area contributed by atoms with Crippen LogP contribution in [0.3, 0.4) is 0 Å². The summed E-state index contributed by atoms with van der Waals surface area (Å²) in [5, 5.41) is 0. The molecule has 1 aromatic rings. The van der Waals surface area contributed by atoms with Crippen LogP contribution >= 0.6 is 0 Å². The highest BCUT2D eigenvalue weighted by Crippen LogP contribution is 2.41. The normalized spacial score (nSPS) is 32.0. The van der Waals surface area contributed by atoms with Crippen molar-refractivity contribution in [2.24, 2.45) is 5.84 Å². The largest absolute Gasteiger partial charge is 0.308 e. The summed E-state index contributed by atoms with van der Waals surface area (Å²) in [6.07, 6.45) is 9.70. The SMILES string of the molecule is CN1C2CCC1CC(c1nc3c(c(NN)n1)CCCC3)C2. The Morgan fingerprint density at radius 1 is 1.10 bits per heavy atom. The lowest BCUT2D eigenvalue weighted by atomic mass is 9.89. The molecule has 2 saturated heterocycles. The average Bonchev–Trinajstić information content (AvgIpc) is 2.75. The first-order chi connectivity index (χ1) is 10.3. The fourth-order valence-corrected chi connectivity index (χ4v) is 4.54. The van der Waals surface area contributed by atoms with E-state index >= 15 is 0 Å². The van der Waals surface area contributed by atoms with Gasteiger partial charge in [0.25, 0.3) is 0 Å².